The van der Waals surface area contributed by atoms with Crippen molar-refractivity contribution in [1.29, 1.82) is 0 Å². The second-order valence-corrected chi connectivity index (χ2v) is 6.12. The molecule has 5 unspecified atom stereocenters. The average Bonchev–Trinajstić information content (AvgIpc) is 2.74. The van der Waals surface area contributed by atoms with E-state index >= 15 is 0 Å². The fraction of sp³-hybridized carbons (Fsp3) is 1.00. The average molecular weight is 239 g/mol. The van der Waals surface area contributed by atoms with Crippen molar-refractivity contribution in [2.75, 3.05) is 7.05 Å². The van der Waals surface area contributed by atoms with Crippen molar-refractivity contribution in [1.82, 2.24) is 5.32 Å². The normalized spacial score (nSPS) is 42.9. The van der Waals surface area contributed by atoms with E-state index in [1.54, 1.807) is 0 Å². The standard InChI is InChI=1S/C15H29NO/c1-4-12-6-8-15(16-3)13(9-12)10-14-7-5-11(2)17-14/h11-16H,4-10H2,1-3H3. The molecular formula is C15H29NO. The first-order valence-electron chi connectivity index (χ1n) is 7.55. The van der Waals surface area contributed by atoms with Gasteiger partial charge in [0.15, 0.2) is 0 Å². The summed E-state index contributed by atoms with van der Waals surface area (Å²) in [6, 6.07) is 0.734. The predicted molar refractivity (Wildman–Crippen MR) is 72.2 cm³/mol. The third kappa shape index (κ3) is 3.45. The van der Waals surface area contributed by atoms with Gasteiger partial charge in [-0.1, -0.05) is 13.3 Å². The van der Waals surface area contributed by atoms with Gasteiger partial charge >= 0.3 is 0 Å². The maximum absolute atomic E-state index is 6.00. The molecule has 2 heteroatoms. The number of nitrogens with one attached hydrogen (secondary N) is 1. The van der Waals surface area contributed by atoms with Crippen molar-refractivity contribution in [2.24, 2.45) is 11.8 Å². The summed E-state index contributed by atoms with van der Waals surface area (Å²) in [5.74, 6) is 1.80. The number of hydrogen-bond acceptors (Lipinski definition) is 2. The van der Waals surface area contributed by atoms with Crippen molar-refractivity contribution in [3.05, 3.63) is 0 Å². The second kappa shape index (κ2) is 6.19. The van der Waals surface area contributed by atoms with Crippen LogP contribution in [0.1, 0.15) is 58.8 Å². The molecule has 1 aliphatic carbocycles. The zero-order chi connectivity index (χ0) is 12.3. The maximum atomic E-state index is 6.00. The number of hydrogen-bond donors (Lipinski definition) is 1. The molecule has 0 aromatic rings. The Labute approximate surface area is 107 Å². The van der Waals surface area contributed by atoms with Gasteiger partial charge in [-0.25, -0.2) is 0 Å². The van der Waals surface area contributed by atoms with Gasteiger partial charge in [0, 0.05) is 6.04 Å². The molecule has 0 spiro atoms. The van der Waals surface area contributed by atoms with Gasteiger partial charge in [0.05, 0.1) is 12.2 Å². The first kappa shape index (κ1) is 13.4. The molecule has 1 heterocycles. The van der Waals surface area contributed by atoms with E-state index in [0.29, 0.717) is 12.2 Å². The largest absolute Gasteiger partial charge is 0.375 e. The molecule has 0 bridgehead atoms. The number of rotatable bonds is 4. The van der Waals surface area contributed by atoms with Gasteiger partial charge < -0.3 is 10.1 Å². The lowest BCUT2D eigenvalue weighted by atomic mass is 9.74. The summed E-state index contributed by atoms with van der Waals surface area (Å²) in [7, 11) is 2.13. The van der Waals surface area contributed by atoms with Crippen molar-refractivity contribution < 1.29 is 4.74 Å². The van der Waals surface area contributed by atoms with E-state index < -0.39 is 0 Å². The minimum absolute atomic E-state index is 0.499. The molecule has 5 atom stereocenters. The molecule has 1 saturated heterocycles. The predicted octanol–water partition coefficient (Wildman–Crippen LogP) is 3.36. The summed E-state index contributed by atoms with van der Waals surface area (Å²) >= 11 is 0. The zero-order valence-electron chi connectivity index (χ0n) is 11.7. The summed E-state index contributed by atoms with van der Waals surface area (Å²) < 4.78 is 6.00. The molecule has 1 saturated carbocycles. The van der Waals surface area contributed by atoms with Gasteiger partial charge in [-0.2, -0.15) is 0 Å². The summed E-state index contributed by atoms with van der Waals surface area (Å²) in [6.45, 7) is 4.56. The highest BCUT2D eigenvalue weighted by atomic mass is 16.5. The van der Waals surface area contributed by atoms with Crippen LogP contribution in [-0.4, -0.2) is 25.3 Å². The highest BCUT2D eigenvalue weighted by molar-refractivity contribution is 4.86. The van der Waals surface area contributed by atoms with Gasteiger partial charge in [0.1, 0.15) is 0 Å². The van der Waals surface area contributed by atoms with Crippen LogP contribution >= 0.6 is 0 Å². The Morgan fingerprint density at radius 3 is 2.59 bits per heavy atom. The van der Waals surface area contributed by atoms with Crippen LogP contribution in [0.25, 0.3) is 0 Å². The second-order valence-electron chi connectivity index (χ2n) is 6.12. The molecule has 2 fully saturated rings. The van der Waals surface area contributed by atoms with E-state index in [1.165, 1.54) is 44.9 Å². The fourth-order valence-corrected chi connectivity index (χ4v) is 3.77. The Bertz CT molecular complexity index is 231. The van der Waals surface area contributed by atoms with E-state index in [1.807, 2.05) is 0 Å². The van der Waals surface area contributed by atoms with Crippen LogP contribution in [-0.2, 0) is 4.74 Å². The number of ether oxygens (including phenoxy) is 1. The first-order valence-corrected chi connectivity index (χ1v) is 7.55. The molecule has 2 aliphatic rings. The zero-order valence-corrected chi connectivity index (χ0v) is 11.7. The molecule has 0 amide bonds. The minimum Gasteiger partial charge on any atom is -0.375 e. The third-order valence-electron chi connectivity index (χ3n) is 4.92. The van der Waals surface area contributed by atoms with Crippen LogP contribution in [0.2, 0.25) is 0 Å². The molecule has 17 heavy (non-hydrogen) atoms. The third-order valence-corrected chi connectivity index (χ3v) is 4.92. The lowest BCUT2D eigenvalue weighted by molar-refractivity contribution is 0.0285. The summed E-state index contributed by atoms with van der Waals surface area (Å²) in [5, 5.41) is 3.53. The molecule has 0 aromatic carbocycles. The van der Waals surface area contributed by atoms with Crippen molar-refractivity contribution in [3.8, 4) is 0 Å². The Morgan fingerprint density at radius 2 is 2.00 bits per heavy atom. The Kier molecular flexibility index (Phi) is 4.87. The quantitative estimate of drug-likeness (QED) is 0.812. The lowest BCUT2D eigenvalue weighted by Gasteiger charge is -2.37. The summed E-state index contributed by atoms with van der Waals surface area (Å²) in [5.41, 5.74) is 0. The Balaban J connectivity index is 1.86. The van der Waals surface area contributed by atoms with Crippen LogP contribution < -0.4 is 5.32 Å². The Hall–Kier alpha value is -0.0800. The van der Waals surface area contributed by atoms with Crippen LogP contribution in [0.5, 0.6) is 0 Å². The van der Waals surface area contributed by atoms with E-state index in [9.17, 15) is 0 Å². The minimum atomic E-state index is 0.499. The van der Waals surface area contributed by atoms with Crippen LogP contribution in [0.3, 0.4) is 0 Å². The molecule has 2 rings (SSSR count). The summed E-state index contributed by atoms with van der Waals surface area (Å²) in [6.07, 6.45) is 10.4. The van der Waals surface area contributed by atoms with Crippen LogP contribution in [0, 0.1) is 11.8 Å². The van der Waals surface area contributed by atoms with Gasteiger partial charge in [-0.3, -0.25) is 0 Å². The van der Waals surface area contributed by atoms with Gasteiger partial charge in [0.2, 0.25) is 0 Å². The topological polar surface area (TPSA) is 21.3 Å². The van der Waals surface area contributed by atoms with E-state index in [-0.39, 0.29) is 0 Å². The molecule has 1 aliphatic heterocycles. The van der Waals surface area contributed by atoms with Crippen molar-refractivity contribution >= 4 is 0 Å². The SMILES string of the molecule is CCC1CCC(NC)C(CC2CCC(C)O2)C1. The molecule has 0 aromatic heterocycles. The smallest absolute Gasteiger partial charge is 0.0583 e. The monoisotopic (exact) mass is 239 g/mol. The van der Waals surface area contributed by atoms with Gasteiger partial charge in [-0.15, -0.1) is 0 Å². The van der Waals surface area contributed by atoms with Crippen LogP contribution in [0.15, 0.2) is 0 Å². The van der Waals surface area contributed by atoms with E-state index in [0.717, 1.165) is 17.9 Å². The maximum Gasteiger partial charge on any atom is 0.0583 e. The fourth-order valence-electron chi connectivity index (χ4n) is 3.77. The van der Waals surface area contributed by atoms with Gasteiger partial charge in [0.25, 0.3) is 0 Å². The Morgan fingerprint density at radius 1 is 1.18 bits per heavy atom. The van der Waals surface area contributed by atoms with Crippen molar-refractivity contribution in [2.45, 2.75) is 77.0 Å². The van der Waals surface area contributed by atoms with E-state index in [4.69, 9.17) is 4.74 Å². The molecule has 100 valence electrons. The van der Waals surface area contributed by atoms with Crippen LogP contribution in [0.4, 0.5) is 0 Å². The first-order chi connectivity index (χ1) is 8.22. The molecule has 2 nitrogen and oxygen atoms in total. The van der Waals surface area contributed by atoms with Gasteiger partial charge in [-0.05, 0) is 64.3 Å². The molecule has 1 N–H and O–H groups in total. The highest BCUT2D eigenvalue weighted by Crippen LogP contribution is 2.36. The lowest BCUT2D eigenvalue weighted by Crippen LogP contribution is -2.40. The molecular weight excluding hydrogens is 210 g/mol. The summed E-state index contributed by atoms with van der Waals surface area (Å²) in [4.78, 5) is 0. The highest BCUT2D eigenvalue weighted by Gasteiger charge is 2.32. The van der Waals surface area contributed by atoms with E-state index in [2.05, 4.69) is 26.2 Å². The van der Waals surface area contributed by atoms with Crippen molar-refractivity contribution in [3.63, 3.8) is 0 Å². The molecule has 0 radical (unpaired) electrons.